The van der Waals surface area contributed by atoms with Crippen LogP contribution in [-0.2, 0) is 0 Å². The molecule has 1 aromatic heterocycles. The third kappa shape index (κ3) is 2.47. The number of aromatic nitrogens is 1. The second-order valence-corrected chi connectivity index (χ2v) is 6.46. The molecule has 0 saturated heterocycles. The monoisotopic (exact) mass is 285 g/mol. The average Bonchev–Trinajstić information content (AvgIpc) is 3.26. The zero-order chi connectivity index (χ0) is 14.3. The maximum atomic E-state index is 6.54. The van der Waals surface area contributed by atoms with Crippen molar-refractivity contribution >= 4 is 11.6 Å². The van der Waals surface area contributed by atoms with Gasteiger partial charge in [0, 0.05) is 23.0 Å². The first kappa shape index (κ1) is 13.6. The summed E-state index contributed by atoms with van der Waals surface area (Å²) in [5, 5.41) is 0.898. The minimum atomic E-state index is 0.450. The Morgan fingerprint density at radius 3 is 2.60 bits per heavy atom. The molecule has 104 valence electrons. The number of pyridine rings is 1. The molecule has 20 heavy (non-hydrogen) atoms. The molecular weight excluding hydrogens is 266 g/mol. The molecule has 0 spiro atoms. The molecular formula is C18H20ClN. The van der Waals surface area contributed by atoms with Crippen molar-refractivity contribution in [3.63, 3.8) is 0 Å². The molecule has 3 rings (SSSR count). The lowest BCUT2D eigenvalue weighted by Gasteiger charge is -2.14. The van der Waals surface area contributed by atoms with Crippen LogP contribution >= 0.6 is 11.6 Å². The van der Waals surface area contributed by atoms with Crippen molar-refractivity contribution in [2.45, 2.75) is 45.4 Å². The highest BCUT2D eigenvalue weighted by Crippen LogP contribution is 2.41. The normalized spacial score (nSPS) is 14.8. The fourth-order valence-corrected chi connectivity index (χ4v) is 3.09. The second kappa shape index (κ2) is 5.21. The van der Waals surface area contributed by atoms with E-state index in [1.165, 1.54) is 35.1 Å². The SMILES string of the molecule is Cc1c(-c2cncc(C3CC3)c2)ccc(C(C)C)c1Cl. The molecule has 1 aliphatic rings. The molecule has 0 N–H and O–H groups in total. The molecule has 1 aliphatic carbocycles. The molecule has 1 aromatic carbocycles. The molecule has 0 atom stereocenters. The van der Waals surface area contributed by atoms with Gasteiger partial charge in [-0.05, 0) is 59.9 Å². The summed E-state index contributed by atoms with van der Waals surface area (Å²) in [6, 6.07) is 6.61. The van der Waals surface area contributed by atoms with Gasteiger partial charge in [-0.1, -0.05) is 37.6 Å². The summed E-state index contributed by atoms with van der Waals surface area (Å²) in [6.45, 7) is 6.46. The van der Waals surface area contributed by atoms with E-state index in [4.69, 9.17) is 11.6 Å². The van der Waals surface area contributed by atoms with Gasteiger partial charge in [-0.3, -0.25) is 4.98 Å². The third-order valence-electron chi connectivity index (χ3n) is 4.16. The van der Waals surface area contributed by atoms with E-state index in [2.05, 4.69) is 44.0 Å². The van der Waals surface area contributed by atoms with E-state index in [0.717, 1.165) is 16.5 Å². The van der Waals surface area contributed by atoms with Crippen LogP contribution in [-0.4, -0.2) is 4.98 Å². The van der Waals surface area contributed by atoms with Crippen molar-refractivity contribution in [1.29, 1.82) is 0 Å². The van der Waals surface area contributed by atoms with Crippen LogP contribution in [0.3, 0.4) is 0 Å². The zero-order valence-electron chi connectivity index (χ0n) is 12.3. The average molecular weight is 286 g/mol. The molecule has 0 radical (unpaired) electrons. The Bertz CT molecular complexity index is 642. The molecule has 1 nitrogen and oxygen atoms in total. The van der Waals surface area contributed by atoms with Crippen molar-refractivity contribution in [1.82, 2.24) is 4.98 Å². The maximum Gasteiger partial charge on any atom is 0.0475 e. The predicted molar refractivity (Wildman–Crippen MR) is 85.5 cm³/mol. The van der Waals surface area contributed by atoms with Gasteiger partial charge in [0.15, 0.2) is 0 Å². The fourth-order valence-electron chi connectivity index (χ4n) is 2.71. The summed E-state index contributed by atoms with van der Waals surface area (Å²) >= 11 is 6.54. The Kier molecular flexibility index (Phi) is 3.55. The molecule has 0 amide bonds. The van der Waals surface area contributed by atoms with Crippen molar-refractivity contribution in [3.8, 4) is 11.1 Å². The topological polar surface area (TPSA) is 12.9 Å². The zero-order valence-corrected chi connectivity index (χ0v) is 13.0. The van der Waals surface area contributed by atoms with Gasteiger partial charge in [0.2, 0.25) is 0 Å². The number of nitrogens with zero attached hydrogens (tertiary/aromatic N) is 1. The largest absolute Gasteiger partial charge is 0.264 e. The smallest absolute Gasteiger partial charge is 0.0475 e. The van der Waals surface area contributed by atoms with E-state index >= 15 is 0 Å². The van der Waals surface area contributed by atoms with Gasteiger partial charge in [0.05, 0.1) is 0 Å². The minimum Gasteiger partial charge on any atom is -0.264 e. The quantitative estimate of drug-likeness (QED) is 0.704. The summed E-state index contributed by atoms with van der Waals surface area (Å²) in [6.07, 6.45) is 6.55. The summed E-state index contributed by atoms with van der Waals surface area (Å²) in [4.78, 5) is 4.41. The molecule has 1 heterocycles. The van der Waals surface area contributed by atoms with Gasteiger partial charge in [-0.15, -0.1) is 0 Å². The summed E-state index contributed by atoms with van der Waals surface area (Å²) in [5.41, 5.74) is 6.14. The van der Waals surface area contributed by atoms with Crippen LogP contribution in [0.1, 0.15) is 55.2 Å². The summed E-state index contributed by atoms with van der Waals surface area (Å²) < 4.78 is 0. The Labute approximate surface area is 126 Å². The van der Waals surface area contributed by atoms with E-state index in [1.807, 2.05) is 12.4 Å². The van der Waals surface area contributed by atoms with Crippen LogP contribution in [0, 0.1) is 6.92 Å². The van der Waals surface area contributed by atoms with Crippen molar-refractivity contribution in [2.24, 2.45) is 0 Å². The Morgan fingerprint density at radius 2 is 1.95 bits per heavy atom. The fraction of sp³-hybridized carbons (Fsp3) is 0.389. The Balaban J connectivity index is 2.06. The Morgan fingerprint density at radius 1 is 1.20 bits per heavy atom. The summed E-state index contributed by atoms with van der Waals surface area (Å²) in [5.74, 6) is 1.18. The van der Waals surface area contributed by atoms with Gasteiger partial charge >= 0.3 is 0 Å². The number of rotatable bonds is 3. The molecule has 0 aliphatic heterocycles. The van der Waals surface area contributed by atoms with Crippen LogP contribution in [0.5, 0.6) is 0 Å². The van der Waals surface area contributed by atoms with Crippen molar-refractivity contribution < 1.29 is 0 Å². The van der Waals surface area contributed by atoms with Gasteiger partial charge in [0.25, 0.3) is 0 Å². The highest BCUT2D eigenvalue weighted by Gasteiger charge is 2.24. The number of halogens is 1. The van der Waals surface area contributed by atoms with E-state index in [9.17, 15) is 0 Å². The minimum absolute atomic E-state index is 0.450. The highest BCUT2D eigenvalue weighted by molar-refractivity contribution is 6.32. The van der Waals surface area contributed by atoms with Crippen LogP contribution in [0.15, 0.2) is 30.6 Å². The van der Waals surface area contributed by atoms with Gasteiger partial charge in [0.1, 0.15) is 0 Å². The van der Waals surface area contributed by atoms with Crippen LogP contribution < -0.4 is 0 Å². The first-order valence-electron chi connectivity index (χ1n) is 7.32. The van der Waals surface area contributed by atoms with Gasteiger partial charge in [-0.25, -0.2) is 0 Å². The second-order valence-electron chi connectivity index (χ2n) is 6.08. The Hall–Kier alpha value is -1.34. The molecule has 1 fully saturated rings. The first-order valence-corrected chi connectivity index (χ1v) is 7.70. The van der Waals surface area contributed by atoms with Crippen LogP contribution in [0.25, 0.3) is 11.1 Å². The third-order valence-corrected chi connectivity index (χ3v) is 4.66. The molecule has 0 unspecified atom stereocenters. The van der Waals surface area contributed by atoms with Crippen LogP contribution in [0.4, 0.5) is 0 Å². The van der Waals surface area contributed by atoms with Gasteiger partial charge in [-0.2, -0.15) is 0 Å². The predicted octanol–water partition coefficient (Wildman–Crippen LogP) is 5.71. The molecule has 2 aromatic rings. The maximum absolute atomic E-state index is 6.54. The van der Waals surface area contributed by atoms with Crippen molar-refractivity contribution in [2.75, 3.05) is 0 Å². The molecule has 2 heteroatoms. The molecule has 0 bridgehead atoms. The van der Waals surface area contributed by atoms with E-state index < -0.39 is 0 Å². The van der Waals surface area contributed by atoms with E-state index in [1.54, 1.807) is 0 Å². The standard InChI is InChI=1S/C18H20ClN/c1-11(2)16-6-7-17(12(3)18(16)19)15-8-14(9-20-10-15)13-4-5-13/h6-11,13H,4-5H2,1-3H3. The highest BCUT2D eigenvalue weighted by atomic mass is 35.5. The van der Waals surface area contributed by atoms with Crippen LogP contribution in [0.2, 0.25) is 5.02 Å². The lowest BCUT2D eigenvalue weighted by atomic mass is 9.94. The summed E-state index contributed by atoms with van der Waals surface area (Å²) in [7, 11) is 0. The molecule has 1 saturated carbocycles. The number of benzene rings is 1. The lowest BCUT2D eigenvalue weighted by molar-refractivity contribution is 0.865. The van der Waals surface area contributed by atoms with E-state index in [0.29, 0.717) is 5.92 Å². The van der Waals surface area contributed by atoms with E-state index in [-0.39, 0.29) is 0 Å². The number of hydrogen-bond donors (Lipinski definition) is 0. The lowest BCUT2D eigenvalue weighted by Crippen LogP contribution is -1.94. The first-order chi connectivity index (χ1) is 9.58. The van der Waals surface area contributed by atoms with Crippen molar-refractivity contribution in [3.05, 3.63) is 52.3 Å². The van der Waals surface area contributed by atoms with Gasteiger partial charge < -0.3 is 0 Å². The number of hydrogen-bond acceptors (Lipinski definition) is 1.